The number of anilines is 1. The minimum Gasteiger partial charge on any atom is -0.487 e. The number of phosphoric ester groups is 1. The molecule has 2 fully saturated rings. The highest BCUT2D eigenvalue weighted by molar-refractivity contribution is 7.90. The number of carbonyl (C=O) groups is 1. The number of sulfonamides is 1. The molecule has 2 N–H and O–H groups in total. The number of piperazine rings is 1. The Morgan fingerprint density at radius 1 is 0.919 bits per heavy atom. The van der Waals surface area contributed by atoms with Crippen molar-refractivity contribution in [3.05, 3.63) is 117 Å². The van der Waals surface area contributed by atoms with E-state index in [2.05, 4.69) is 50.5 Å². The summed E-state index contributed by atoms with van der Waals surface area (Å²) in [7, 11) is -8.59. The van der Waals surface area contributed by atoms with E-state index in [1.54, 1.807) is 65.9 Å². The molecule has 2 aromatic heterocycles. The Morgan fingerprint density at radius 3 is 2.27 bits per heavy atom. The number of allylic oxidation sites excluding steroid dienone is 1. The molecule has 8 rings (SSSR count). The predicted octanol–water partition coefficient (Wildman–Crippen LogP) is 12.5. The SMILES string of the molecule is CC1(C)CCC(CN2CCN(c3ccc(C(=O)NS(=O)(=O)c4ccc(OCC5CCC(OP(=O)(OC(C)(C)C)OC(C)(C)C)CC5)c([N+](=O)[O-])c4)c(Oc4cnc5[nH]ccc5c4)c3)CC2)=C(c2ccc(Cl)cc2)C1. The van der Waals surface area contributed by atoms with Gasteiger partial charge in [-0.2, -0.15) is 0 Å². The molecule has 1 saturated heterocycles. The van der Waals surface area contributed by atoms with Crippen LogP contribution in [-0.2, 0) is 28.2 Å². The van der Waals surface area contributed by atoms with E-state index in [4.69, 9.17) is 34.6 Å². The first-order valence-corrected chi connectivity index (χ1v) is 28.5. The molecule has 1 saturated carbocycles. The summed E-state index contributed by atoms with van der Waals surface area (Å²) < 4.78 is 73.4. The number of ether oxygens (including phenoxy) is 2. The maximum atomic E-state index is 14.1. The van der Waals surface area contributed by atoms with Crippen molar-refractivity contribution in [1.29, 1.82) is 0 Å². The van der Waals surface area contributed by atoms with E-state index in [0.717, 1.165) is 67.1 Å². The number of hydrogen-bond donors (Lipinski definition) is 2. The fourth-order valence-corrected chi connectivity index (χ4v) is 12.8. The van der Waals surface area contributed by atoms with Crippen molar-refractivity contribution in [1.82, 2.24) is 19.6 Å². The second-order valence-electron chi connectivity index (χ2n) is 22.3. The number of amides is 1. The quantitative estimate of drug-likeness (QED) is 0.0505. The Balaban J connectivity index is 0.939. The van der Waals surface area contributed by atoms with Crippen LogP contribution in [0.25, 0.3) is 16.6 Å². The molecule has 0 bridgehead atoms. The van der Waals surface area contributed by atoms with Gasteiger partial charge in [0.25, 0.3) is 15.9 Å². The minimum absolute atomic E-state index is 0.0244. The van der Waals surface area contributed by atoms with Gasteiger partial charge in [0.2, 0.25) is 0 Å². The molecule has 5 aromatic rings. The highest BCUT2D eigenvalue weighted by Gasteiger charge is 2.40. The third-order valence-electron chi connectivity index (χ3n) is 13.3. The first kappa shape index (κ1) is 54.9. The summed E-state index contributed by atoms with van der Waals surface area (Å²) in [5.74, 6) is -0.729. The lowest BCUT2D eigenvalue weighted by Crippen LogP contribution is -2.47. The van der Waals surface area contributed by atoms with Crippen molar-refractivity contribution in [2.24, 2.45) is 11.3 Å². The number of nitro groups is 1. The zero-order valence-electron chi connectivity index (χ0n) is 43.4. The van der Waals surface area contributed by atoms with E-state index in [1.165, 1.54) is 35.0 Å². The summed E-state index contributed by atoms with van der Waals surface area (Å²) in [5, 5.41) is 13.8. The zero-order valence-corrected chi connectivity index (χ0v) is 45.9. The number of H-pyrrole nitrogens is 1. The van der Waals surface area contributed by atoms with E-state index >= 15 is 0 Å². The number of hydrogen-bond acceptors (Lipinski definition) is 14. The number of nitro benzene ring substituents is 1. The molecule has 1 aliphatic heterocycles. The standard InChI is InChI=1S/C54H68ClN6O11PS/c1-52(2,3)71-73(65,72-53(4,5)6)70-42-16-9-36(10-17-42)35-68-48-20-18-44(31-47(48)61(63)64)74(66,67)58-51(62)45-19-15-41(30-49(45)69-43-29-38-22-24-56-50(38)57-33-43)60-27-25-59(26-28-60)34-39-21-23-54(7,8)32-46(39)37-11-13-40(55)14-12-37/h11-15,18-20,22,24,29-31,33,36,42H,9-10,16-17,21,23,25-28,32,34-35H2,1-8H3,(H,56,57)(H,58,62). The summed E-state index contributed by atoms with van der Waals surface area (Å²) in [5.41, 5.74) is 3.48. The van der Waals surface area contributed by atoms with Gasteiger partial charge in [0.05, 0.1) is 45.5 Å². The lowest BCUT2D eigenvalue weighted by molar-refractivity contribution is -0.386. The molecule has 2 aliphatic carbocycles. The van der Waals surface area contributed by atoms with E-state index < -0.39 is 56.6 Å². The van der Waals surface area contributed by atoms with Gasteiger partial charge < -0.3 is 19.4 Å². The lowest BCUT2D eigenvalue weighted by Gasteiger charge is -2.39. The second-order valence-corrected chi connectivity index (χ2v) is 25.9. The summed E-state index contributed by atoms with van der Waals surface area (Å²) in [4.78, 5) is 37.4. The van der Waals surface area contributed by atoms with Crippen LogP contribution < -0.4 is 19.1 Å². The summed E-state index contributed by atoms with van der Waals surface area (Å²) in [6.07, 6.45) is 8.26. The van der Waals surface area contributed by atoms with E-state index in [1.807, 2.05) is 18.2 Å². The van der Waals surface area contributed by atoms with Crippen molar-refractivity contribution in [3.8, 4) is 17.2 Å². The van der Waals surface area contributed by atoms with E-state index in [9.17, 15) is 27.9 Å². The highest BCUT2D eigenvalue weighted by Crippen LogP contribution is 2.57. The van der Waals surface area contributed by atoms with Crippen LogP contribution in [0.3, 0.4) is 0 Å². The summed E-state index contributed by atoms with van der Waals surface area (Å²) in [6.45, 7) is 19.3. The Hall–Kier alpha value is -5.33. The molecule has 0 unspecified atom stereocenters. The number of nitrogens with zero attached hydrogens (tertiary/aromatic N) is 4. The molecule has 3 heterocycles. The molecular weight excluding hydrogens is 1010 g/mol. The monoisotopic (exact) mass is 1070 g/mol. The summed E-state index contributed by atoms with van der Waals surface area (Å²) >= 11 is 6.26. The number of nitrogens with one attached hydrogen (secondary N) is 2. The second kappa shape index (κ2) is 22.1. The Morgan fingerprint density at radius 2 is 1.61 bits per heavy atom. The van der Waals surface area contributed by atoms with Crippen molar-refractivity contribution in [2.45, 2.75) is 123 Å². The molecule has 0 radical (unpaired) electrons. The van der Waals surface area contributed by atoms with Crippen LogP contribution in [0, 0.1) is 21.4 Å². The van der Waals surface area contributed by atoms with Gasteiger partial charge in [-0.25, -0.2) is 22.7 Å². The number of aromatic nitrogens is 2. The van der Waals surface area contributed by atoms with Gasteiger partial charge in [0.1, 0.15) is 17.1 Å². The van der Waals surface area contributed by atoms with Gasteiger partial charge in [-0.15, -0.1) is 0 Å². The van der Waals surface area contributed by atoms with Gasteiger partial charge in [-0.1, -0.05) is 43.2 Å². The van der Waals surface area contributed by atoms with Gasteiger partial charge in [-0.05, 0) is 157 Å². The zero-order chi connectivity index (χ0) is 53.2. The third-order valence-corrected chi connectivity index (χ3v) is 17.0. The van der Waals surface area contributed by atoms with Crippen molar-refractivity contribution in [3.63, 3.8) is 0 Å². The van der Waals surface area contributed by atoms with Gasteiger partial charge in [-0.3, -0.25) is 33.4 Å². The molecule has 0 atom stereocenters. The molecule has 3 aliphatic rings. The molecular formula is C54H68ClN6O11PS. The Bertz CT molecular complexity index is 3020. The van der Waals surface area contributed by atoms with Crippen LogP contribution in [0.5, 0.6) is 17.2 Å². The first-order valence-electron chi connectivity index (χ1n) is 25.2. The van der Waals surface area contributed by atoms with Crippen LogP contribution in [0.2, 0.25) is 5.02 Å². The molecule has 398 valence electrons. The third kappa shape index (κ3) is 14.3. The number of rotatable bonds is 17. The van der Waals surface area contributed by atoms with Gasteiger partial charge >= 0.3 is 13.5 Å². The average Bonchev–Trinajstić information content (AvgIpc) is 3.79. The van der Waals surface area contributed by atoms with Crippen LogP contribution in [-0.4, -0.2) is 90.8 Å². The van der Waals surface area contributed by atoms with E-state index in [0.29, 0.717) is 50.2 Å². The van der Waals surface area contributed by atoms with Crippen molar-refractivity contribution < 1.29 is 45.7 Å². The average molecular weight is 1080 g/mol. The predicted molar refractivity (Wildman–Crippen MR) is 287 cm³/mol. The number of halogens is 1. The fourth-order valence-electron chi connectivity index (χ4n) is 9.67. The van der Waals surface area contributed by atoms with Crippen molar-refractivity contribution in [2.75, 3.05) is 44.2 Å². The molecule has 17 nitrogen and oxygen atoms in total. The first-order chi connectivity index (χ1) is 34.8. The number of phosphoric acid groups is 1. The molecule has 0 spiro atoms. The number of aromatic amines is 1. The number of fused-ring (bicyclic) bond motifs is 1. The number of carbonyl (C=O) groups excluding carboxylic acids is 1. The maximum Gasteiger partial charge on any atom is 0.476 e. The van der Waals surface area contributed by atoms with Crippen LogP contribution in [0.15, 0.2) is 95.7 Å². The number of pyridine rings is 1. The lowest BCUT2D eigenvalue weighted by atomic mass is 9.72. The number of benzene rings is 3. The highest BCUT2D eigenvalue weighted by atomic mass is 35.5. The van der Waals surface area contributed by atoms with Gasteiger partial charge in [0, 0.05) is 67.1 Å². The fraction of sp³-hybridized carbons (Fsp3) is 0.481. The van der Waals surface area contributed by atoms with E-state index in [-0.39, 0.29) is 35.0 Å². The van der Waals surface area contributed by atoms with Gasteiger partial charge in [0.15, 0.2) is 5.75 Å². The van der Waals surface area contributed by atoms with Crippen LogP contribution in [0.1, 0.15) is 116 Å². The van der Waals surface area contributed by atoms with Crippen LogP contribution in [0.4, 0.5) is 11.4 Å². The van der Waals surface area contributed by atoms with Crippen LogP contribution >= 0.6 is 19.4 Å². The smallest absolute Gasteiger partial charge is 0.476 e. The topological polar surface area (TPSA) is 205 Å². The summed E-state index contributed by atoms with van der Waals surface area (Å²) in [6, 6.07) is 20.0. The molecule has 74 heavy (non-hydrogen) atoms. The normalized spacial score (nSPS) is 19.1. The molecule has 20 heteroatoms. The minimum atomic E-state index is -4.66. The maximum absolute atomic E-state index is 14.1. The van der Waals surface area contributed by atoms with Crippen molar-refractivity contribution >= 4 is 63.3 Å². The largest absolute Gasteiger partial charge is 0.487 e. The molecule has 1 amide bonds. The molecule has 3 aromatic carbocycles. The Kier molecular flexibility index (Phi) is 16.4. The Labute approximate surface area is 439 Å².